The van der Waals surface area contributed by atoms with Gasteiger partial charge in [-0.1, -0.05) is 34.7 Å². The number of halogens is 2. The number of carbonyl (C=O) groups excluding carboxylic acids is 1. The molecule has 44 heavy (non-hydrogen) atoms. The van der Waals surface area contributed by atoms with E-state index in [2.05, 4.69) is 20.4 Å². The summed E-state index contributed by atoms with van der Waals surface area (Å²) in [6.45, 7) is 6.48. The van der Waals surface area contributed by atoms with Crippen molar-refractivity contribution in [3.8, 4) is 5.75 Å². The highest BCUT2D eigenvalue weighted by Crippen LogP contribution is 2.48. The molecule has 236 valence electrons. The molecule has 4 aromatic rings. The van der Waals surface area contributed by atoms with Crippen molar-refractivity contribution >= 4 is 82.7 Å². The van der Waals surface area contributed by atoms with Crippen LogP contribution in [0.15, 0.2) is 41.0 Å². The van der Waals surface area contributed by atoms with E-state index >= 15 is 0 Å². The lowest BCUT2D eigenvalue weighted by molar-refractivity contribution is -0.119. The van der Waals surface area contributed by atoms with Crippen molar-refractivity contribution in [1.82, 2.24) is 19.7 Å². The van der Waals surface area contributed by atoms with Crippen LogP contribution >= 0.6 is 54.5 Å². The molecule has 2 aromatic carbocycles. The number of hydrogen-bond acceptors (Lipinski definition) is 12. The molecule has 0 fully saturated rings. The van der Waals surface area contributed by atoms with Crippen LogP contribution in [0.5, 0.6) is 5.75 Å². The highest BCUT2D eigenvalue weighted by atomic mass is 35.5. The maximum Gasteiger partial charge on any atom is 0.330 e. The van der Waals surface area contributed by atoms with E-state index in [1.54, 1.807) is 26.0 Å². The van der Waals surface area contributed by atoms with Crippen LogP contribution in [-0.2, 0) is 31.4 Å². The SMILES string of the molecule is CCOc1cc2ncnc(Nc3ccc(F)c(Cl)c3)c2cc1CC(=O)Cn1nc(SCCCP(=O)(OCC)OCC)sc1=S. The van der Waals surface area contributed by atoms with E-state index in [-0.39, 0.29) is 23.8 Å². The van der Waals surface area contributed by atoms with Crippen molar-refractivity contribution < 1.29 is 27.5 Å². The van der Waals surface area contributed by atoms with E-state index in [1.807, 2.05) is 13.0 Å². The van der Waals surface area contributed by atoms with Crippen LogP contribution in [0.4, 0.5) is 15.9 Å². The highest BCUT2D eigenvalue weighted by molar-refractivity contribution is 8.01. The average molecular weight is 700 g/mol. The second-order valence-electron chi connectivity index (χ2n) is 9.27. The molecule has 2 aromatic heterocycles. The molecular weight excluding hydrogens is 668 g/mol. The summed E-state index contributed by atoms with van der Waals surface area (Å²) in [7, 11) is -3.09. The number of rotatable bonds is 17. The molecule has 0 aliphatic rings. The van der Waals surface area contributed by atoms with Crippen LogP contribution in [0.25, 0.3) is 10.9 Å². The van der Waals surface area contributed by atoms with Gasteiger partial charge in [-0.2, -0.15) is 5.10 Å². The number of carbonyl (C=O) groups is 1. The smallest absolute Gasteiger partial charge is 0.330 e. The van der Waals surface area contributed by atoms with Crippen LogP contribution < -0.4 is 10.1 Å². The van der Waals surface area contributed by atoms with Gasteiger partial charge in [-0.25, -0.2) is 19.0 Å². The van der Waals surface area contributed by atoms with Gasteiger partial charge in [0, 0.05) is 34.9 Å². The fourth-order valence-electron chi connectivity index (χ4n) is 4.23. The van der Waals surface area contributed by atoms with Gasteiger partial charge in [-0.15, -0.1) is 0 Å². The van der Waals surface area contributed by atoms with Gasteiger partial charge in [0.05, 0.1) is 36.5 Å². The third-order valence-electron chi connectivity index (χ3n) is 6.05. The van der Waals surface area contributed by atoms with Crippen molar-refractivity contribution in [2.24, 2.45) is 0 Å². The first-order chi connectivity index (χ1) is 21.1. The molecule has 0 unspecified atom stereocenters. The number of anilines is 2. The predicted molar refractivity (Wildman–Crippen MR) is 176 cm³/mol. The zero-order chi connectivity index (χ0) is 31.7. The second kappa shape index (κ2) is 16.2. The summed E-state index contributed by atoms with van der Waals surface area (Å²) < 4.78 is 45.6. The fraction of sp³-hybridized carbons (Fsp3) is 0.393. The molecule has 0 radical (unpaired) electrons. The lowest BCUT2D eigenvalue weighted by Crippen LogP contribution is -2.14. The fourth-order valence-corrected chi connectivity index (χ4v) is 8.63. The van der Waals surface area contributed by atoms with E-state index in [1.165, 1.54) is 46.2 Å². The third kappa shape index (κ3) is 9.29. The molecule has 0 atom stereocenters. The first-order valence-corrected chi connectivity index (χ1v) is 18.2. The minimum atomic E-state index is -3.09. The van der Waals surface area contributed by atoms with E-state index in [4.69, 9.17) is 37.6 Å². The summed E-state index contributed by atoms with van der Waals surface area (Å²) in [5.74, 6) is 1.02. The molecular formula is C28H32ClFN5O5PS3. The molecule has 10 nitrogen and oxygen atoms in total. The third-order valence-corrected chi connectivity index (χ3v) is 11.0. The zero-order valence-corrected chi connectivity index (χ0v) is 28.5. The van der Waals surface area contributed by atoms with Gasteiger partial charge in [0.15, 0.2) is 14.1 Å². The van der Waals surface area contributed by atoms with Crippen LogP contribution in [0, 0.1) is 9.77 Å². The van der Waals surface area contributed by atoms with Gasteiger partial charge in [0.1, 0.15) is 30.3 Å². The van der Waals surface area contributed by atoms with Gasteiger partial charge in [0.2, 0.25) is 0 Å². The quantitative estimate of drug-likeness (QED) is 0.0498. The molecule has 0 saturated heterocycles. The molecule has 0 amide bonds. The number of ether oxygens (including phenoxy) is 1. The molecule has 0 aliphatic heterocycles. The van der Waals surface area contributed by atoms with Gasteiger partial charge in [-0.3, -0.25) is 9.36 Å². The molecule has 0 spiro atoms. The Kier molecular flexibility index (Phi) is 12.7. The van der Waals surface area contributed by atoms with Crippen molar-refractivity contribution in [3.05, 3.63) is 57.0 Å². The van der Waals surface area contributed by atoms with E-state index in [0.717, 1.165) is 4.34 Å². The van der Waals surface area contributed by atoms with Crippen molar-refractivity contribution in [2.75, 3.05) is 37.1 Å². The Bertz CT molecular complexity index is 1710. The normalized spacial score (nSPS) is 11.7. The van der Waals surface area contributed by atoms with E-state index in [9.17, 15) is 13.8 Å². The molecule has 1 N–H and O–H groups in total. The van der Waals surface area contributed by atoms with Gasteiger partial charge in [-0.05, 0) is 63.7 Å². The molecule has 4 rings (SSSR count). The van der Waals surface area contributed by atoms with Crippen molar-refractivity contribution in [2.45, 2.75) is 44.5 Å². The molecule has 2 heterocycles. The maximum atomic E-state index is 13.7. The number of nitrogens with zero attached hydrogens (tertiary/aromatic N) is 4. The van der Waals surface area contributed by atoms with Crippen LogP contribution in [0.1, 0.15) is 32.8 Å². The molecule has 0 bridgehead atoms. The summed E-state index contributed by atoms with van der Waals surface area (Å²) in [6, 6.07) is 7.87. The average Bonchev–Trinajstić information content (AvgIpc) is 3.32. The number of benzene rings is 2. The second-order valence-corrected chi connectivity index (χ2v) is 14.8. The van der Waals surface area contributed by atoms with Gasteiger partial charge >= 0.3 is 7.60 Å². The van der Waals surface area contributed by atoms with Crippen molar-refractivity contribution in [1.29, 1.82) is 0 Å². The minimum absolute atomic E-state index is 0.00610. The first-order valence-electron chi connectivity index (χ1n) is 13.9. The van der Waals surface area contributed by atoms with E-state index < -0.39 is 13.4 Å². The zero-order valence-electron chi connectivity index (χ0n) is 24.4. The number of aromatic nitrogens is 4. The maximum absolute atomic E-state index is 13.7. The molecule has 16 heteroatoms. The van der Waals surface area contributed by atoms with Gasteiger partial charge < -0.3 is 19.1 Å². The summed E-state index contributed by atoms with van der Waals surface area (Å²) >= 11 is 14.2. The summed E-state index contributed by atoms with van der Waals surface area (Å²) in [4.78, 5) is 22.0. The standard InChI is InChI=1S/C28H32ClFN5O5PS3/c1-4-38-25-15-24-21(26(32-17-31-24)33-19-8-9-23(30)22(29)14-19)13-18(25)12-20(36)16-35-28(42)44-27(34-35)43-11-7-10-41(37,39-5-2)40-6-3/h8-9,13-15,17H,4-7,10-12,16H2,1-3H3,(H,31,32,33). The van der Waals surface area contributed by atoms with Crippen LogP contribution in [-0.4, -0.2) is 57.3 Å². The predicted octanol–water partition coefficient (Wildman–Crippen LogP) is 8.11. The Labute approximate surface area is 273 Å². The Balaban J connectivity index is 1.46. The number of nitrogens with one attached hydrogen (secondary N) is 1. The number of hydrogen-bond donors (Lipinski definition) is 1. The summed E-state index contributed by atoms with van der Waals surface area (Å²) in [5.41, 5.74) is 1.81. The summed E-state index contributed by atoms with van der Waals surface area (Å²) in [5, 5.41) is 8.31. The van der Waals surface area contributed by atoms with Crippen LogP contribution in [0.2, 0.25) is 5.02 Å². The topological polar surface area (TPSA) is 117 Å². The number of ketones is 1. The Hall–Kier alpha value is -2.45. The number of fused-ring (bicyclic) bond motifs is 1. The van der Waals surface area contributed by atoms with E-state index in [0.29, 0.717) is 75.8 Å². The summed E-state index contributed by atoms with van der Waals surface area (Å²) in [6.07, 6.45) is 2.41. The molecule has 0 aliphatic carbocycles. The first kappa shape index (κ1) is 34.4. The minimum Gasteiger partial charge on any atom is -0.494 e. The van der Waals surface area contributed by atoms with Crippen molar-refractivity contribution in [3.63, 3.8) is 0 Å². The number of Topliss-reactive ketones (excluding diaryl/α,β-unsaturated/α-hetero) is 1. The lowest BCUT2D eigenvalue weighted by atomic mass is 10.0. The number of thioether (sulfide) groups is 1. The monoisotopic (exact) mass is 699 g/mol. The Morgan fingerprint density at radius 1 is 1.16 bits per heavy atom. The van der Waals surface area contributed by atoms with Gasteiger partial charge in [0.25, 0.3) is 0 Å². The Morgan fingerprint density at radius 2 is 1.93 bits per heavy atom. The van der Waals surface area contributed by atoms with Crippen LogP contribution in [0.3, 0.4) is 0 Å². The molecule has 0 saturated carbocycles. The lowest BCUT2D eigenvalue weighted by Gasteiger charge is -2.16. The largest absolute Gasteiger partial charge is 0.494 e. The highest BCUT2D eigenvalue weighted by Gasteiger charge is 2.23. The Morgan fingerprint density at radius 3 is 2.64 bits per heavy atom.